The van der Waals surface area contributed by atoms with Crippen molar-refractivity contribution in [2.75, 3.05) is 39.5 Å². The minimum Gasteiger partial charge on any atom is -0.394 e. The molecule has 0 heterocycles. The fourth-order valence-corrected chi connectivity index (χ4v) is 1.68. The highest BCUT2D eigenvalue weighted by molar-refractivity contribution is 5.13. The van der Waals surface area contributed by atoms with Crippen molar-refractivity contribution in [3.8, 4) is 0 Å². The van der Waals surface area contributed by atoms with E-state index in [0.717, 1.165) is 18.5 Å². The Morgan fingerprint density at radius 2 is 1.90 bits per heavy atom. The van der Waals surface area contributed by atoms with Gasteiger partial charge in [-0.25, -0.2) is 0 Å². The number of aliphatic hydroxyl groups excluding tert-OH is 2. The predicted octanol–water partition coefficient (Wildman–Crippen LogP) is 0.553. The SMILES string of the molecule is OCCOCCCNCC(O)COCc1ccccc1. The topological polar surface area (TPSA) is 71.0 Å². The normalized spacial score (nSPS) is 12.5. The molecule has 5 nitrogen and oxygen atoms in total. The van der Waals surface area contributed by atoms with E-state index in [1.54, 1.807) is 0 Å². The van der Waals surface area contributed by atoms with Gasteiger partial charge in [0.2, 0.25) is 0 Å². The molecule has 3 N–H and O–H groups in total. The van der Waals surface area contributed by atoms with Crippen LogP contribution in [0.3, 0.4) is 0 Å². The second kappa shape index (κ2) is 11.8. The van der Waals surface area contributed by atoms with E-state index in [2.05, 4.69) is 5.32 Å². The van der Waals surface area contributed by atoms with E-state index in [1.807, 2.05) is 30.3 Å². The van der Waals surface area contributed by atoms with Gasteiger partial charge in [-0.2, -0.15) is 0 Å². The van der Waals surface area contributed by atoms with E-state index in [9.17, 15) is 5.11 Å². The fourth-order valence-electron chi connectivity index (χ4n) is 1.68. The Morgan fingerprint density at radius 3 is 2.65 bits per heavy atom. The molecule has 0 amide bonds. The zero-order valence-corrected chi connectivity index (χ0v) is 11.8. The number of hydrogen-bond donors (Lipinski definition) is 3. The summed E-state index contributed by atoms with van der Waals surface area (Å²) in [4.78, 5) is 0. The molecule has 0 aliphatic heterocycles. The van der Waals surface area contributed by atoms with Crippen LogP contribution in [0.2, 0.25) is 0 Å². The first kappa shape index (κ1) is 17.1. The molecule has 0 aromatic heterocycles. The highest BCUT2D eigenvalue weighted by atomic mass is 16.5. The van der Waals surface area contributed by atoms with Crippen molar-refractivity contribution in [2.24, 2.45) is 0 Å². The Hall–Kier alpha value is -0.980. The van der Waals surface area contributed by atoms with Crippen LogP contribution >= 0.6 is 0 Å². The maximum absolute atomic E-state index is 9.72. The molecule has 0 aliphatic rings. The summed E-state index contributed by atoms with van der Waals surface area (Å²) in [6.45, 7) is 3.20. The van der Waals surface area contributed by atoms with Crippen LogP contribution in [0, 0.1) is 0 Å². The second-order valence-electron chi connectivity index (χ2n) is 4.55. The molecule has 0 saturated heterocycles. The van der Waals surface area contributed by atoms with E-state index in [4.69, 9.17) is 14.6 Å². The summed E-state index contributed by atoms with van der Waals surface area (Å²) in [7, 11) is 0. The largest absolute Gasteiger partial charge is 0.394 e. The molecule has 0 spiro atoms. The molecular weight excluding hydrogens is 258 g/mol. The molecule has 0 bridgehead atoms. The minimum absolute atomic E-state index is 0.0604. The van der Waals surface area contributed by atoms with E-state index >= 15 is 0 Å². The lowest BCUT2D eigenvalue weighted by atomic mass is 10.2. The summed E-state index contributed by atoms with van der Waals surface area (Å²) in [6, 6.07) is 9.89. The van der Waals surface area contributed by atoms with Crippen LogP contribution in [0.1, 0.15) is 12.0 Å². The summed E-state index contributed by atoms with van der Waals surface area (Å²) in [5, 5.41) is 21.4. The molecule has 1 aromatic rings. The van der Waals surface area contributed by atoms with Crippen molar-refractivity contribution in [3.63, 3.8) is 0 Å². The van der Waals surface area contributed by atoms with Crippen LogP contribution in [-0.4, -0.2) is 55.8 Å². The zero-order valence-electron chi connectivity index (χ0n) is 11.8. The molecule has 1 rings (SSSR count). The first-order valence-corrected chi connectivity index (χ1v) is 7.02. The average Bonchev–Trinajstić information content (AvgIpc) is 2.47. The quantitative estimate of drug-likeness (QED) is 0.489. The van der Waals surface area contributed by atoms with Crippen molar-refractivity contribution >= 4 is 0 Å². The fraction of sp³-hybridized carbons (Fsp3) is 0.600. The van der Waals surface area contributed by atoms with Gasteiger partial charge in [-0.1, -0.05) is 30.3 Å². The van der Waals surface area contributed by atoms with Gasteiger partial charge in [0.15, 0.2) is 0 Å². The standard InChI is InChI=1S/C15H25NO4/c17-8-10-19-9-4-7-16-11-15(18)13-20-12-14-5-2-1-3-6-14/h1-3,5-6,15-18H,4,7-13H2. The average molecular weight is 283 g/mol. The monoisotopic (exact) mass is 283 g/mol. The summed E-state index contributed by atoms with van der Waals surface area (Å²) in [5.41, 5.74) is 1.11. The third kappa shape index (κ3) is 9.01. The molecular formula is C15H25NO4. The van der Waals surface area contributed by atoms with E-state index < -0.39 is 6.10 Å². The van der Waals surface area contributed by atoms with E-state index in [1.165, 1.54) is 0 Å². The van der Waals surface area contributed by atoms with Gasteiger partial charge in [-0.3, -0.25) is 0 Å². The van der Waals surface area contributed by atoms with Gasteiger partial charge in [0.25, 0.3) is 0 Å². The molecule has 1 unspecified atom stereocenters. The molecule has 1 aromatic carbocycles. The van der Waals surface area contributed by atoms with Gasteiger partial charge in [0.05, 0.1) is 32.5 Å². The van der Waals surface area contributed by atoms with Gasteiger partial charge in [0.1, 0.15) is 0 Å². The van der Waals surface area contributed by atoms with Gasteiger partial charge < -0.3 is 25.0 Å². The first-order chi connectivity index (χ1) is 9.83. The van der Waals surface area contributed by atoms with Gasteiger partial charge in [-0.15, -0.1) is 0 Å². The summed E-state index contributed by atoms with van der Waals surface area (Å²) < 4.78 is 10.6. The molecule has 0 saturated carbocycles. The number of aliphatic hydroxyl groups is 2. The molecule has 0 fully saturated rings. The van der Waals surface area contributed by atoms with Crippen LogP contribution in [0.15, 0.2) is 30.3 Å². The molecule has 5 heteroatoms. The molecule has 20 heavy (non-hydrogen) atoms. The Balaban J connectivity index is 1.91. The Labute approximate surface area is 120 Å². The van der Waals surface area contributed by atoms with Crippen LogP contribution in [-0.2, 0) is 16.1 Å². The lowest BCUT2D eigenvalue weighted by Crippen LogP contribution is -2.31. The van der Waals surface area contributed by atoms with Crippen LogP contribution in [0.5, 0.6) is 0 Å². The smallest absolute Gasteiger partial charge is 0.0897 e. The number of benzene rings is 1. The third-order valence-electron chi connectivity index (χ3n) is 2.68. The lowest BCUT2D eigenvalue weighted by Gasteiger charge is -2.12. The zero-order chi connectivity index (χ0) is 14.5. The lowest BCUT2D eigenvalue weighted by molar-refractivity contribution is 0.0285. The Kier molecular flexibility index (Phi) is 10.1. The van der Waals surface area contributed by atoms with Crippen LogP contribution < -0.4 is 5.32 Å². The highest BCUT2D eigenvalue weighted by Crippen LogP contribution is 2.00. The summed E-state index contributed by atoms with van der Waals surface area (Å²) in [5.74, 6) is 0. The Bertz CT molecular complexity index is 321. The summed E-state index contributed by atoms with van der Waals surface area (Å²) in [6.07, 6.45) is 0.356. The number of nitrogens with one attached hydrogen (secondary N) is 1. The van der Waals surface area contributed by atoms with Crippen molar-refractivity contribution < 1.29 is 19.7 Å². The molecule has 114 valence electrons. The number of ether oxygens (including phenoxy) is 2. The minimum atomic E-state index is -0.503. The molecule has 0 radical (unpaired) electrons. The summed E-state index contributed by atoms with van der Waals surface area (Å²) >= 11 is 0. The maximum Gasteiger partial charge on any atom is 0.0897 e. The van der Waals surface area contributed by atoms with Crippen LogP contribution in [0.25, 0.3) is 0 Å². The van der Waals surface area contributed by atoms with Gasteiger partial charge in [0, 0.05) is 13.2 Å². The van der Waals surface area contributed by atoms with E-state index in [-0.39, 0.29) is 6.61 Å². The van der Waals surface area contributed by atoms with Crippen molar-refractivity contribution in [1.29, 1.82) is 0 Å². The van der Waals surface area contributed by atoms with Crippen molar-refractivity contribution in [1.82, 2.24) is 5.32 Å². The first-order valence-electron chi connectivity index (χ1n) is 7.02. The van der Waals surface area contributed by atoms with E-state index in [0.29, 0.717) is 33.0 Å². The number of rotatable bonds is 12. The van der Waals surface area contributed by atoms with Gasteiger partial charge in [-0.05, 0) is 18.5 Å². The predicted molar refractivity (Wildman–Crippen MR) is 77.5 cm³/mol. The third-order valence-corrected chi connectivity index (χ3v) is 2.68. The Morgan fingerprint density at radius 1 is 1.10 bits per heavy atom. The van der Waals surface area contributed by atoms with Crippen molar-refractivity contribution in [3.05, 3.63) is 35.9 Å². The molecule has 1 atom stereocenters. The van der Waals surface area contributed by atoms with Gasteiger partial charge >= 0.3 is 0 Å². The highest BCUT2D eigenvalue weighted by Gasteiger charge is 2.03. The second-order valence-corrected chi connectivity index (χ2v) is 4.55. The number of hydrogen-bond acceptors (Lipinski definition) is 5. The molecule has 0 aliphatic carbocycles. The van der Waals surface area contributed by atoms with Crippen molar-refractivity contribution in [2.45, 2.75) is 19.1 Å². The maximum atomic E-state index is 9.72. The van der Waals surface area contributed by atoms with Crippen LogP contribution in [0.4, 0.5) is 0 Å².